The number of sulfonamides is 1. The van der Waals surface area contributed by atoms with Crippen LogP contribution in [-0.4, -0.2) is 62.8 Å². The van der Waals surface area contributed by atoms with Crippen LogP contribution in [0.1, 0.15) is 31.9 Å². The monoisotopic (exact) mass is 566 g/mol. The normalized spacial score (nSPS) is 13.2. The van der Waals surface area contributed by atoms with E-state index in [1.54, 1.807) is 32.2 Å². The van der Waals surface area contributed by atoms with Crippen LogP contribution < -0.4 is 10.6 Å². The summed E-state index contributed by atoms with van der Waals surface area (Å²) in [7, 11) is -1.59. The number of hydrogen-bond donors (Lipinski definition) is 3. The smallest absolute Gasteiger partial charge is 0.213 e. The Morgan fingerprint density at radius 1 is 1.21 bits per heavy atom. The minimum atomic E-state index is -3.16. The molecule has 1 rings (SSSR count). The molecule has 0 saturated heterocycles. The second-order valence-electron chi connectivity index (χ2n) is 5.94. The van der Waals surface area contributed by atoms with E-state index < -0.39 is 16.1 Å². The van der Waals surface area contributed by atoms with Crippen LogP contribution in [0.4, 0.5) is 0 Å². The van der Waals surface area contributed by atoms with Crippen LogP contribution in [0.5, 0.6) is 0 Å². The highest BCUT2D eigenvalue weighted by Gasteiger charge is 2.14. The van der Waals surface area contributed by atoms with E-state index in [0.717, 1.165) is 0 Å². The number of halogens is 3. The molecule has 0 amide bonds. The molecule has 11 heteroatoms. The molecule has 0 heterocycles. The minimum absolute atomic E-state index is 0. The third-order valence-electron chi connectivity index (χ3n) is 3.82. The Morgan fingerprint density at radius 2 is 1.82 bits per heavy atom. The van der Waals surface area contributed by atoms with Crippen molar-refractivity contribution in [3.63, 3.8) is 0 Å². The summed E-state index contributed by atoms with van der Waals surface area (Å²) >= 11 is 11.9. The summed E-state index contributed by atoms with van der Waals surface area (Å²) in [6.45, 7) is 5.33. The molecule has 0 aromatic heterocycles. The van der Waals surface area contributed by atoms with Gasteiger partial charge in [-0.15, -0.1) is 24.0 Å². The predicted molar refractivity (Wildman–Crippen MR) is 128 cm³/mol. The number of aliphatic imine (C=N–C) groups is 1. The molecule has 0 bridgehead atoms. The summed E-state index contributed by atoms with van der Waals surface area (Å²) in [5.41, 5.74) is 0.596. The number of aliphatic hydroxyl groups excluding tert-OH is 1. The van der Waals surface area contributed by atoms with Crippen molar-refractivity contribution in [2.45, 2.75) is 26.4 Å². The average molecular weight is 567 g/mol. The summed E-state index contributed by atoms with van der Waals surface area (Å²) in [6.07, 6.45) is -0.204. The van der Waals surface area contributed by atoms with E-state index in [2.05, 4.69) is 15.6 Å². The fourth-order valence-corrected chi connectivity index (χ4v) is 3.65. The SMILES string of the molecule is CCNC(=NCC(O)c1cc(Cl)cc(Cl)c1)NCCCN(C)S(=O)(=O)CC.I. The van der Waals surface area contributed by atoms with Crippen molar-refractivity contribution in [1.82, 2.24) is 14.9 Å². The maximum atomic E-state index is 11.7. The van der Waals surface area contributed by atoms with Gasteiger partial charge in [0.25, 0.3) is 0 Å². The Kier molecular flexibility index (Phi) is 13.6. The molecule has 1 aromatic rings. The standard InChI is InChI=1S/C17H28Cl2N4O3S.HI/c1-4-20-17(21-7-6-8-23(3)27(25,26)5-2)22-12-16(24)13-9-14(18)11-15(19)10-13;/h9-11,16,24H,4-8,12H2,1-3H3,(H2,20,21,22);1H. The Bertz CT molecular complexity index is 715. The fourth-order valence-electron chi connectivity index (χ4n) is 2.26. The van der Waals surface area contributed by atoms with E-state index in [1.807, 2.05) is 6.92 Å². The first-order valence-electron chi connectivity index (χ1n) is 8.79. The fraction of sp³-hybridized carbons (Fsp3) is 0.588. The molecule has 0 aliphatic carbocycles. The van der Waals surface area contributed by atoms with Gasteiger partial charge in [-0.25, -0.2) is 12.7 Å². The zero-order valence-corrected chi connectivity index (χ0v) is 20.9. The van der Waals surface area contributed by atoms with Gasteiger partial charge in [0.1, 0.15) is 0 Å². The van der Waals surface area contributed by atoms with Crippen molar-refractivity contribution < 1.29 is 13.5 Å². The van der Waals surface area contributed by atoms with Gasteiger partial charge in [0.2, 0.25) is 10.0 Å². The Morgan fingerprint density at radius 3 is 2.36 bits per heavy atom. The second kappa shape index (κ2) is 13.8. The lowest BCUT2D eigenvalue weighted by molar-refractivity contribution is 0.187. The average Bonchev–Trinajstić information content (AvgIpc) is 2.61. The van der Waals surface area contributed by atoms with Gasteiger partial charge in [0.15, 0.2) is 5.96 Å². The van der Waals surface area contributed by atoms with Crippen molar-refractivity contribution in [3.05, 3.63) is 33.8 Å². The lowest BCUT2D eigenvalue weighted by atomic mass is 10.1. The molecule has 7 nitrogen and oxygen atoms in total. The third kappa shape index (κ3) is 9.93. The second-order valence-corrected chi connectivity index (χ2v) is 9.18. The number of nitrogens with zero attached hydrogens (tertiary/aromatic N) is 2. The van der Waals surface area contributed by atoms with Gasteiger partial charge in [-0.05, 0) is 44.0 Å². The Hall–Kier alpha value is -0.330. The van der Waals surface area contributed by atoms with Gasteiger partial charge in [0, 0.05) is 36.7 Å². The number of guanidine groups is 1. The Labute approximate surface area is 195 Å². The van der Waals surface area contributed by atoms with E-state index >= 15 is 0 Å². The predicted octanol–water partition coefficient (Wildman–Crippen LogP) is 2.87. The van der Waals surface area contributed by atoms with Gasteiger partial charge >= 0.3 is 0 Å². The quantitative estimate of drug-likeness (QED) is 0.175. The molecule has 1 unspecified atom stereocenters. The van der Waals surface area contributed by atoms with Crippen LogP contribution >= 0.6 is 47.2 Å². The molecule has 0 aliphatic heterocycles. The highest BCUT2D eigenvalue weighted by atomic mass is 127. The number of benzene rings is 1. The molecule has 0 aliphatic rings. The van der Waals surface area contributed by atoms with Crippen LogP contribution in [0, 0.1) is 0 Å². The van der Waals surface area contributed by atoms with E-state index in [-0.39, 0.29) is 36.3 Å². The molecule has 3 N–H and O–H groups in total. The molecule has 1 atom stereocenters. The first-order valence-corrected chi connectivity index (χ1v) is 11.2. The number of hydrogen-bond acceptors (Lipinski definition) is 4. The topological polar surface area (TPSA) is 94.0 Å². The number of rotatable bonds is 10. The first kappa shape index (κ1) is 27.7. The zero-order chi connectivity index (χ0) is 20.4. The van der Waals surface area contributed by atoms with Crippen molar-refractivity contribution >= 4 is 63.2 Å². The molecule has 162 valence electrons. The van der Waals surface area contributed by atoms with Crippen molar-refractivity contribution in [2.75, 3.05) is 39.0 Å². The van der Waals surface area contributed by atoms with Crippen LogP contribution in [0.15, 0.2) is 23.2 Å². The van der Waals surface area contributed by atoms with E-state index in [1.165, 1.54) is 4.31 Å². The van der Waals surface area contributed by atoms with Gasteiger partial charge in [-0.2, -0.15) is 0 Å². The molecule has 0 fully saturated rings. The lowest BCUT2D eigenvalue weighted by Gasteiger charge is -2.17. The zero-order valence-electron chi connectivity index (χ0n) is 16.3. The van der Waals surface area contributed by atoms with Gasteiger partial charge in [0.05, 0.1) is 18.4 Å². The molecular formula is C17H29Cl2IN4O3S. The molecular weight excluding hydrogens is 538 g/mol. The van der Waals surface area contributed by atoms with Crippen molar-refractivity contribution in [2.24, 2.45) is 4.99 Å². The lowest BCUT2D eigenvalue weighted by Crippen LogP contribution is -2.39. The summed E-state index contributed by atoms with van der Waals surface area (Å²) in [5, 5.41) is 17.4. The maximum absolute atomic E-state index is 11.7. The minimum Gasteiger partial charge on any atom is -0.386 e. The van der Waals surface area contributed by atoms with Gasteiger partial charge in [-0.3, -0.25) is 4.99 Å². The van der Waals surface area contributed by atoms with Crippen LogP contribution in [0.2, 0.25) is 10.0 Å². The van der Waals surface area contributed by atoms with Crippen LogP contribution in [-0.2, 0) is 10.0 Å². The highest BCUT2D eigenvalue weighted by molar-refractivity contribution is 14.0. The first-order chi connectivity index (χ1) is 12.7. The third-order valence-corrected chi connectivity index (χ3v) is 6.12. The summed E-state index contributed by atoms with van der Waals surface area (Å²) in [5.74, 6) is 0.637. The van der Waals surface area contributed by atoms with Crippen molar-refractivity contribution in [1.29, 1.82) is 0 Å². The summed E-state index contributed by atoms with van der Waals surface area (Å²) < 4.78 is 24.8. The summed E-state index contributed by atoms with van der Waals surface area (Å²) in [4.78, 5) is 4.36. The molecule has 28 heavy (non-hydrogen) atoms. The molecule has 1 aromatic carbocycles. The van der Waals surface area contributed by atoms with Crippen molar-refractivity contribution in [3.8, 4) is 0 Å². The number of aliphatic hydroxyl groups is 1. The van der Waals surface area contributed by atoms with Crippen LogP contribution in [0.3, 0.4) is 0 Å². The number of nitrogens with one attached hydrogen (secondary N) is 2. The van der Waals surface area contributed by atoms with E-state index in [4.69, 9.17) is 23.2 Å². The maximum Gasteiger partial charge on any atom is 0.213 e. The van der Waals surface area contributed by atoms with Gasteiger partial charge in [-0.1, -0.05) is 23.2 Å². The molecule has 0 spiro atoms. The summed E-state index contributed by atoms with van der Waals surface area (Å²) in [6, 6.07) is 4.90. The largest absolute Gasteiger partial charge is 0.386 e. The van der Waals surface area contributed by atoms with Gasteiger partial charge < -0.3 is 15.7 Å². The Balaban J connectivity index is 0.00000729. The molecule has 0 radical (unpaired) electrons. The van der Waals surface area contributed by atoms with E-state index in [0.29, 0.717) is 47.6 Å². The van der Waals surface area contributed by atoms with Crippen LogP contribution in [0.25, 0.3) is 0 Å². The molecule has 0 saturated carbocycles. The highest BCUT2D eigenvalue weighted by Crippen LogP contribution is 2.23. The van der Waals surface area contributed by atoms with E-state index in [9.17, 15) is 13.5 Å².